The first-order chi connectivity index (χ1) is 8.87. The highest BCUT2D eigenvalue weighted by Crippen LogP contribution is 2.36. The van der Waals surface area contributed by atoms with Gasteiger partial charge in [0.2, 0.25) is 0 Å². The van der Waals surface area contributed by atoms with Crippen molar-refractivity contribution in [3.8, 4) is 0 Å². The SMILES string of the molecule is Cc1cc([N+](=O)[O-])ccc1NC1CCCC(C)(C)C1. The van der Waals surface area contributed by atoms with Gasteiger partial charge in [-0.2, -0.15) is 0 Å². The maximum atomic E-state index is 10.7. The smallest absolute Gasteiger partial charge is 0.269 e. The highest BCUT2D eigenvalue weighted by Gasteiger charge is 2.28. The van der Waals surface area contributed by atoms with Crippen LogP contribution in [-0.4, -0.2) is 11.0 Å². The van der Waals surface area contributed by atoms with E-state index in [1.165, 1.54) is 19.3 Å². The Labute approximate surface area is 114 Å². The van der Waals surface area contributed by atoms with Gasteiger partial charge in [0.15, 0.2) is 0 Å². The van der Waals surface area contributed by atoms with Gasteiger partial charge >= 0.3 is 0 Å². The Morgan fingerprint density at radius 2 is 2.16 bits per heavy atom. The quantitative estimate of drug-likeness (QED) is 0.653. The summed E-state index contributed by atoms with van der Waals surface area (Å²) in [5.74, 6) is 0. The van der Waals surface area contributed by atoms with Crippen molar-refractivity contribution in [2.24, 2.45) is 5.41 Å². The van der Waals surface area contributed by atoms with E-state index in [-0.39, 0.29) is 10.6 Å². The predicted molar refractivity (Wildman–Crippen MR) is 77.5 cm³/mol. The van der Waals surface area contributed by atoms with Crippen molar-refractivity contribution >= 4 is 11.4 Å². The van der Waals surface area contributed by atoms with Crippen LogP contribution in [0.1, 0.15) is 45.1 Å². The Morgan fingerprint density at radius 1 is 1.42 bits per heavy atom. The van der Waals surface area contributed by atoms with E-state index in [0.717, 1.165) is 17.7 Å². The van der Waals surface area contributed by atoms with E-state index in [9.17, 15) is 10.1 Å². The second kappa shape index (κ2) is 5.19. The van der Waals surface area contributed by atoms with Gasteiger partial charge in [-0.15, -0.1) is 0 Å². The molecule has 0 bridgehead atoms. The minimum atomic E-state index is -0.347. The van der Waals surface area contributed by atoms with Gasteiger partial charge in [-0.1, -0.05) is 20.3 Å². The maximum absolute atomic E-state index is 10.7. The van der Waals surface area contributed by atoms with E-state index >= 15 is 0 Å². The topological polar surface area (TPSA) is 55.2 Å². The number of hydrogen-bond donors (Lipinski definition) is 1. The van der Waals surface area contributed by atoms with Crippen LogP contribution in [0.2, 0.25) is 0 Å². The van der Waals surface area contributed by atoms with Gasteiger partial charge in [-0.25, -0.2) is 0 Å². The molecule has 1 unspecified atom stereocenters. The highest BCUT2D eigenvalue weighted by molar-refractivity contribution is 5.55. The van der Waals surface area contributed by atoms with Gasteiger partial charge in [-0.3, -0.25) is 10.1 Å². The van der Waals surface area contributed by atoms with Crippen molar-refractivity contribution in [2.45, 2.75) is 52.5 Å². The second-order valence-corrected chi connectivity index (χ2v) is 6.36. The minimum absolute atomic E-state index is 0.159. The molecule has 1 saturated carbocycles. The Morgan fingerprint density at radius 3 is 2.74 bits per heavy atom. The molecule has 104 valence electrons. The average molecular weight is 262 g/mol. The van der Waals surface area contributed by atoms with Crippen LogP contribution < -0.4 is 5.32 Å². The number of rotatable bonds is 3. The standard InChI is InChI=1S/C15H22N2O2/c1-11-9-13(17(18)19)6-7-14(11)16-12-5-4-8-15(2,3)10-12/h6-7,9,12,16H,4-5,8,10H2,1-3H3. The number of nitro benzene ring substituents is 1. The fourth-order valence-corrected chi connectivity index (χ4v) is 2.96. The van der Waals surface area contributed by atoms with E-state index in [2.05, 4.69) is 19.2 Å². The van der Waals surface area contributed by atoms with Gasteiger partial charge < -0.3 is 5.32 Å². The van der Waals surface area contributed by atoms with Gasteiger partial charge in [0.05, 0.1) is 4.92 Å². The van der Waals surface area contributed by atoms with Crippen LogP contribution >= 0.6 is 0 Å². The van der Waals surface area contributed by atoms with E-state index in [0.29, 0.717) is 11.5 Å². The van der Waals surface area contributed by atoms with Crippen LogP contribution in [0, 0.1) is 22.5 Å². The van der Waals surface area contributed by atoms with Crippen LogP contribution in [0.3, 0.4) is 0 Å². The Hall–Kier alpha value is -1.58. The zero-order valence-corrected chi connectivity index (χ0v) is 11.9. The molecule has 1 aliphatic rings. The molecule has 0 radical (unpaired) electrons. The van der Waals surface area contributed by atoms with Crippen molar-refractivity contribution in [1.29, 1.82) is 0 Å². The normalized spacial score (nSPS) is 21.9. The molecule has 1 fully saturated rings. The Kier molecular flexibility index (Phi) is 3.78. The molecule has 0 aliphatic heterocycles. The van der Waals surface area contributed by atoms with Crippen LogP contribution in [-0.2, 0) is 0 Å². The molecule has 1 atom stereocenters. The number of non-ortho nitro benzene ring substituents is 1. The summed E-state index contributed by atoms with van der Waals surface area (Å²) in [6.07, 6.45) is 4.87. The third-order valence-corrected chi connectivity index (χ3v) is 3.99. The van der Waals surface area contributed by atoms with E-state index in [1.54, 1.807) is 12.1 Å². The van der Waals surface area contributed by atoms with Crippen LogP contribution in [0.15, 0.2) is 18.2 Å². The molecule has 0 spiro atoms. The lowest BCUT2D eigenvalue weighted by atomic mass is 9.75. The summed E-state index contributed by atoms with van der Waals surface area (Å²) in [5.41, 5.74) is 2.52. The molecule has 1 N–H and O–H groups in total. The fraction of sp³-hybridized carbons (Fsp3) is 0.600. The summed E-state index contributed by atoms with van der Waals surface area (Å²) in [7, 11) is 0. The van der Waals surface area contributed by atoms with Crippen molar-refractivity contribution in [1.82, 2.24) is 0 Å². The summed E-state index contributed by atoms with van der Waals surface area (Å²) in [6, 6.07) is 5.51. The summed E-state index contributed by atoms with van der Waals surface area (Å²) in [4.78, 5) is 10.4. The first kappa shape index (κ1) is 13.8. The van der Waals surface area contributed by atoms with Gasteiger partial charge in [0, 0.05) is 23.9 Å². The molecular formula is C15H22N2O2. The van der Waals surface area contributed by atoms with Gasteiger partial charge in [0.25, 0.3) is 5.69 Å². The molecular weight excluding hydrogens is 240 g/mol. The fourth-order valence-electron chi connectivity index (χ4n) is 2.96. The van der Waals surface area contributed by atoms with Crippen LogP contribution in [0.5, 0.6) is 0 Å². The molecule has 4 heteroatoms. The molecule has 0 amide bonds. The van der Waals surface area contributed by atoms with Crippen LogP contribution in [0.25, 0.3) is 0 Å². The largest absolute Gasteiger partial charge is 0.382 e. The van der Waals surface area contributed by atoms with Gasteiger partial charge in [-0.05, 0) is 43.2 Å². The molecule has 1 aromatic rings. The average Bonchev–Trinajstić information content (AvgIpc) is 2.30. The summed E-state index contributed by atoms with van der Waals surface area (Å²) in [6.45, 7) is 6.54. The van der Waals surface area contributed by atoms with E-state index < -0.39 is 0 Å². The molecule has 4 nitrogen and oxygen atoms in total. The van der Waals surface area contributed by atoms with Crippen LogP contribution in [0.4, 0.5) is 11.4 Å². The number of nitrogens with zero attached hydrogens (tertiary/aromatic N) is 1. The number of hydrogen-bond acceptors (Lipinski definition) is 3. The lowest BCUT2D eigenvalue weighted by Gasteiger charge is -2.36. The number of anilines is 1. The molecule has 2 rings (SSSR count). The third-order valence-electron chi connectivity index (χ3n) is 3.99. The Balaban J connectivity index is 2.09. The zero-order valence-electron chi connectivity index (χ0n) is 11.9. The van der Waals surface area contributed by atoms with E-state index in [1.807, 2.05) is 13.0 Å². The monoisotopic (exact) mass is 262 g/mol. The molecule has 0 heterocycles. The van der Waals surface area contributed by atoms with Crippen molar-refractivity contribution < 1.29 is 4.92 Å². The Bertz CT molecular complexity index is 483. The van der Waals surface area contributed by atoms with Gasteiger partial charge in [0.1, 0.15) is 0 Å². The lowest BCUT2D eigenvalue weighted by molar-refractivity contribution is -0.384. The third kappa shape index (κ3) is 3.46. The number of nitro groups is 1. The lowest BCUT2D eigenvalue weighted by Crippen LogP contribution is -2.31. The number of nitrogens with one attached hydrogen (secondary N) is 1. The predicted octanol–water partition coefficient (Wildman–Crippen LogP) is 4.28. The summed E-state index contributed by atoms with van der Waals surface area (Å²) >= 11 is 0. The first-order valence-corrected chi connectivity index (χ1v) is 6.89. The maximum Gasteiger partial charge on any atom is 0.269 e. The molecule has 1 aliphatic carbocycles. The highest BCUT2D eigenvalue weighted by atomic mass is 16.6. The minimum Gasteiger partial charge on any atom is -0.382 e. The van der Waals surface area contributed by atoms with Crippen molar-refractivity contribution in [3.05, 3.63) is 33.9 Å². The molecule has 19 heavy (non-hydrogen) atoms. The zero-order chi connectivity index (χ0) is 14.0. The summed E-state index contributed by atoms with van der Waals surface area (Å²) < 4.78 is 0. The molecule has 0 saturated heterocycles. The first-order valence-electron chi connectivity index (χ1n) is 6.89. The van der Waals surface area contributed by atoms with Crippen molar-refractivity contribution in [3.63, 3.8) is 0 Å². The van der Waals surface area contributed by atoms with E-state index in [4.69, 9.17) is 0 Å². The molecule has 0 aromatic heterocycles. The summed E-state index contributed by atoms with van der Waals surface area (Å²) in [5, 5.41) is 14.3. The number of benzene rings is 1. The molecule has 1 aromatic carbocycles. The second-order valence-electron chi connectivity index (χ2n) is 6.36. The number of aryl methyl sites for hydroxylation is 1. The van der Waals surface area contributed by atoms with Crippen molar-refractivity contribution in [2.75, 3.05) is 5.32 Å².